The highest BCUT2D eigenvalue weighted by Gasteiger charge is 2.04. The fourth-order valence-electron chi connectivity index (χ4n) is 1.52. The van der Waals surface area contributed by atoms with Gasteiger partial charge in [-0.15, -0.1) is 0 Å². The van der Waals surface area contributed by atoms with E-state index in [1.807, 2.05) is 37.4 Å². The quantitative estimate of drug-likeness (QED) is 0.783. The molecule has 0 saturated heterocycles. The first-order valence-electron chi connectivity index (χ1n) is 5.45. The van der Waals surface area contributed by atoms with E-state index in [1.54, 1.807) is 0 Å². The molecule has 0 atom stereocenters. The summed E-state index contributed by atoms with van der Waals surface area (Å²) >= 11 is 3.41. The summed E-state index contributed by atoms with van der Waals surface area (Å²) in [5, 5.41) is 0.811. The van der Waals surface area contributed by atoms with Crippen LogP contribution in [0, 0.1) is 13.8 Å². The van der Waals surface area contributed by atoms with Crippen molar-refractivity contribution < 1.29 is 4.74 Å². The van der Waals surface area contributed by atoms with Crippen molar-refractivity contribution >= 4 is 15.9 Å². The first kappa shape index (κ1) is 12.1. The average molecular weight is 292 g/mol. The second-order valence-corrected chi connectivity index (χ2v) is 4.58. The molecule has 2 aromatic rings. The van der Waals surface area contributed by atoms with Gasteiger partial charge in [0.05, 0.1) is 0 Å². The van der Waals surface area contributed by atoms with Crippen LogP contribution in [0.4, 0.5) is 0 Å². The van der Waals surface area contributed by atoms with Crippen LogP contribution in [0.25, 0.3) is 0 Å². The highest BCUT2D eigenvalue weighted by Crippen LogP contribution is 2.23. The van der Waals surface area contributed by atoms with Gasteiger partial charge in [-0.25, -0.2) is 4.98 Å². The van der Waals surface area contributed by atoms with Crippen LogP contribution in [0.3, 0.4) is 0 Å². The molecule has 0 radical (unpaired) electrons. The number of pyridine rings is 1. The summed E-state index contributed by atoms with van der Waals surface area (Å²) < 4.78 is 5.74. The molecule has 88 valence electrons. The fraction of sp³-hybridized carbons (Fsp3) is 0.214. The molecular formula is C14H14BrNO. The number of alkyl halides is 1. The van der Waals surface area contributed by atoms with Gasteiger partial charge in [-0.05, 0) is 37.6 Å². The van der Waals surface area contributed by atoms with Crippen molar-refractivity contribution in [2.24, 2.45) is 0 Å². The number of rotatable bonds is 3. The fourth-order valence-corrected chi connectivity index (χ4v) is 1.82. The third kappa shape index (κ3) is 3.07. The zero-order valence-electron chi connectivity index (χ0n) is 9.90. The van der Waals surface area contributed by atoms with Crippen LogP contribution >= 0.6 is 15.9 Å². The van der Waals surface area contributed by atoms with E-state index in [9.17, 15) is 0 Å². The Morgan fingerprint density at radius 1 is 1.18 bits per heavy atom. The smallest absolute Gasteiger partial charge is 0.222 e. The second-order valence-electron chi connectivity index (χ2n) is 4.01. The monoisotopic (exact) mass is 291 g/mol. The van der Waals surface area contributed by atoms with Gasteiger partial charge in [0, 0.05) is 17.1 Å². The molecule has 1 aromatic carbocycles. The third-order valence-electron chi connectivity index (χ3n) is 2.48. The number of benzene rings is 1. The standard InChI is InChI=1S/C14H14BrNO/c1-10-3-5-13(6-4-10)17-14-11(2)7-12(8-15)9-16-14/h3-7,9H,8H2,1-2H3. The summed E-state index contributed by atoms with van der Waals surface area (Å²) in [5.41, 5.74) is 3.41. The van der Waals surface area contributed by atoms with Gasteiger partial charge in [0.2, 0.25) is 5.88 Å². The SMILES string of the molecule is Cc1ccc(Oc2ncc(CBr)cc2C)cc1. The second kappa shape index (κ2) is 5.32. The minimum atomic E-state index is 0.665. The topological polar surface area (TPSA) is 22.1 Å². The van der Waals surface area contributed by atoms with Gasteiger partial charge < -0.3 is 4.74 Å². The maximum atomic E-state index is 5.74. The number of halogens is 1. The minimum absolute atomic E-state index is 0.665. The molecule has 1 aromatic heterocycles. The number of aromatic nitrogens is 1. The summed E-state index contributed by atoms with van der Waals surface area (Å²) in [6, 6.07) is 10.0. The number of nitrogens with zero attached hydrogens (tertiary/aromatic N) is 1. The zero-order chi connectivity index (χ0) is 12.3. The van der Waals surface area contributed by atoms with Gasteiger partial charge in [-0.3, -0.25) is 0 Å². The first-order valence-corrected chi connectivity index (χ1v) is 6.57. The van der Waals surface area contributed by atoms with E-state index in [4.69, 9.17) is 4.74 Å². The van der Waals surface area contributed by atoms with Gasteiger partial charge in [0.1, 0.15) is 5.75 Å². The van der Waals surface area contributed by atoms with Gasteiger partial charge in [-0.1, -0.05) is 33.6 Å². The molecule has 17 heavy (non-hydrogen) atoms. The molecule has 0 spiro atoms. The van der Waals surface area contributed by atoms with E-state index in [0.717, 1.165) is 22.2 Å². The van der Waals surface area contributed by atoms with E-state index in [2.05, 4.69) is 33.9 Å². The summed E-state index contributed by atoms with van der Waals surface area (Å²) in [7, 11) is 0. The number of ether oxygens (including phenoxy) is 1. The summed E-state index contributed by atoms with van der Waals surface area (Å²) in [6.07, 6.45) is 1.82. The molecule has 3 heteroatoms. The summed E-state index contributed by atoms with van der Waals surface area (Å²) in [6.45, 7) is 4.06. The van der Waals surface area contributed by atoms with Crippen LogP contribution in [0.5, 0.6) is 11.6 Å². The molecule has 0 aliphatic heterocycles. The van der Waals surface area contributed by atoms with Crippen molar-refractivity contribution in [1.29, 1.82) is 0 Å². The Hall–Kier alpha value is -1.35. The van der Waals surface area contributed by atoms with Crippen molar-refractivity contribution in [1.82, 2.24) is 4.98 Å². The first-order chi connectivity index (χ1) is 8.19. The van der Waals surface area contributed by atoms with Crippen molar-refractivity contribution in [3.8, 4) is 11.6 Å². The molecule has 0 aliphatic carbocycles. The van der Waals surface area contributed by atoms with Crippen molar-refractivity contribution in [3.63, 3.8) is 0 Å². The molecule has 1 heterocycles. The summed E-state index contributed by atoms with van der Waals surface area (Å²) in [4.78, 5) is 4.31. The van der Waals surface area contributed by atoms with Crippen LogP contribution in [-0.2, 0) is 5.33 Å². The Labute approximate surface area is 110 Å². The van der Waals surface area contributed by atoms with Crippen molar-refractivity contribution in [2.75, 3.05) is 0 Å². The van der Waals surface area contributed by atoms with Gasteiger partial charge in [0.15, 0.2) is 0 Å². The summed E-state index contributed by atoms with van der Waals surface area (Å²) in [5.74, 6) is 1.48. The Bertz CT molecular complexity index is 508. The Morgan fingerprint density at radius 3 is 2.47 bits per heavy atom. The Kier molecular flexibility index (Phi) is 3.79. The average Bonchev–Trinajstić information content (AvgIpc) is 2.34. The maximum absolute atomic E-state index is 5.74. The number of hydrogen-bond donors (Lipinski definition) is 0. The molecule has 0 saturated carbocycles. The normalized spacial score (nSPS) is 10.3. The van der Waals surface area contributed by atoms with Crippen LogP contribution < -0.4 is 4.74 Å². The molecule has 0 fully saturated rings. The van der Waals surface area contributed by atoms with Crippen LogP contribution in [0.2, 0.25) is 0 Å². The molecular weight excluding hydrogens is 278 g/mol. The third-order valence-corrected chi connectivity index (χ3v) is 3.12. The lowest BCUT2D eigenvalue weighted by Gasteiger charge is -2.08. The van der Waals surface area contributed by atoms with Crippen LogP contribution in [0.15, 0.2) is 36.5 Å². The minimum Gasteiger partial charge on any atom is -0.439 e. The predicted octanol–water partition coefficient (Wildman–Crippen LogP) is 4.39. The van der Waals surface area contributed by atoms with E-state index >= 15 is 0 Å². The highest BCUT2D eigenvalue weighted by atomic mass is 79.9. The molecule has 2 rings (SSSR count). The largest absolute Gasteiger partial charge is 0.439 e. The zero-order valence-corrected chi connectivity index (χ0v) is 11.5. The van der Waals surface area contributed by atoms with E-state index in [1.165, 1.54) is 5.56 Å². The van der Waals surface area contributed by atoms with Gasteiger partial charge in [0.25, 0.3) is 0 Å². The van der Waals surface area contributed by atoms with Gasteiger partial charge >= 0.3 is 0 Å². The molecule has 0 aliphatic rings. The van der Waals surface area contributed by atoms with E-state index < -0.39 is 0 Å². The van der Waals surface area contributed by atoms with Crippen LogP contribution in [-0.4, -0.2) is 4.98 Å². The van der Waals surface area contributed by atoms with Crippen LogP contribution in [0.1, 0.15) is 16.7 Å². The number of aryl methyl sites for hydroxylation is 2. The predicted molar refractivity (Wildman–Crippen MR) is 72.9 cm³/mol. The molecule has 0 N–H and O–H groups in total. The molecule has 0 amide bonds. The Balaban J connectivity index is 2.21. The maximum Gasteiger partial charge on any atom is 0.222 e. The lowest BCUT2D eigenvalue weighted by molar-refractivity contribution is 0.458. The number of hydrogen-bond acceptors (Lipinski definition) is 2. The Morgan fingerprint density at radius 2 is 1.88 bits per heavy atom. The molecule has 0 bridgehead atoms. The highest BCUT2D eigenvalue weighted by molar-refractivity contribution is 9.08. The molecule has 0 unspecified atom stereocenters. The lowest BCUT2D eigenvalue weighted by Crippen LogP contribution is -1.93. The van der Waals surface area contributed by atoms with Gasteiger partial charge in [-0.2, -0.15) is 0 Å². The van der Waals surface area contributed by atoms with Crippen molar-refractivity contribution in [3.05, 3.63) is 53.2 Å². The lowest BCUT2D eigenvalue weighted by atomic mass is 10.2. The van der Waals surface area contributed by atoms with Crippen molar-refractivity contribution in [2.45, 2.75) is 19.2 Å². The van der Waals surface area contributed by atoms with E-state index in [0.29, 0.717) is 5.88 Å². The van der Waals surface area contributed by atoms with E-state index in [-0.39, 0.29) is 0 Å². The molecule has 2 nitrogen and oxygen atoms in total.